The number of piperidine rings is 1. The number of aromatic nitrogens is 2. The summed E-state index contributed by atoms with van der Waals surface area (Å²) in [7, 11) is 0. The number of benzene rings is 1. The predicted octanol–water partition coefficient (Wildman–Crippen LogP) is 2.01. The Kier molecular flexibility index (Phi) is 6.57. The molecule has 3 aliphatic rings. The Labute approximate surface area is 204 Å². The van der Waals surface area contributed by atoms with Gasteiger partial charge in [0.05, 0.1) is 17.5 Å². The number of hydrogen-bond acceptors (Lipinski definition) is 5. The second kappa shape index (κ2) is 9.93. The molecule has 184 valence electrons. The molecule has 1 spiro atoms. The average Bonchev–Trinajstić information content (AvgIpc) is 3.50. The van der Waals surface area contributed by atoms with Crippen molar-refractivity contribution in [2.45, 2.75) is 38.5 Å². The molecule has 0 atom stereocenters. The lowest BCUT2D eigenvalue weighted by atomic mass is 9.74. The molecule has 1 aromatic carbocycles. The van der Waals surface area contributed by atoms with Gasteiger partial charge in [0.1, 0.15) is 12.4 Å². The van der Waals surface area contributed by atoms with Gasteiger partial charge in [-0.2, -0.15) is 5.10 Å². The summed E-state index contributed by atoms with van der Waals surface area (Å²) >= 11 is 0. The molecule has 0 bridgehead atoms. The van der Waals surface area contributed by atoms with Gasteiger partial charge in [0.25, 0.3) is 11.8 Å². The molecule has 3 amide bonds. The van der Waals surface area contributed by atoms with Gasteiger partial charge in [0.2, 0.25) is 5.91 Å². The summed E-state index contributed by atoms with van der Waals surface area (Å²) in [5.41, 5.74) is 2.54. The molecule has 1 aromatic heterocycles. The van der Waals surface area contributed by atoms with Crippen LogP contribution in [0.1, 0.15) is 57.8 Å². The Bertz CT molecular complexity index is 1150. The lowest BCUT2D eigenvalue weighted by molar-refractivity contribution is -0.133. The van der Waals surface area contributed by atoms with E-state index in [1.807, 2.05) is 23.1 Å². The molecule has 0 unspecified atom stereocenters. The van der Waals surface area contributed by atoms with Crippen LogP contribution in [0.4, 0.5) is 0 Å². The van der Waals surface area contributed by atoms with Crippen molar-refractivity contribution >= 4 is 17.7 Å². The SMILES string of the molecule is O=C1NC/C=C/CC2(CCN(C(=O)c3n[nH]c4c3CCC4)CC2)C(=O)NCCOc2ccccc21. The van der Waals surface area contributed by atoms with Crippen molar-refractivity contribution in [3.05, 3.63) is 58.9 Å². The molecule has 35 heavy (non-hydrogen) atoms. The van der Waals surface area contributed by atoms with E-state index in [0.29, 0.717) is 62.4 Å². The van der Waals surface area contributed by atoms with Crippen molar-refractivity contribution in [3.63, 3.8) is 0 Å². The van der Waals surface area contributed by atoms with Gasteiger partial charge >= 0.3 is 0 Å². The average molecular weight is 478 g/mol. The minimum atomic E-state index is -0.604. The molecule has 5 rings (SSSR count). The highest BCUT2D eigenvalue weighted by Crippen LogP contribution is 2.37. The topological polar surface area (TPSA) is 116 Å². The van der Waals surface area contributed by atoms with Gasteiger partial charge in [-0.3, -0.25) is 19.5 Å². The van der Waals surface area contributed by atoms with Crippen LogP contribution in [0, 0.1) is 5.41 Å². The molecule has 9 heteroatoms. The summed E-state index contributed by atoms with van der Waals surface area (Å²) in [5.74, 6) is 0.225. The lowest BCUT2D eigenvalue weighted by Crippen LogP contribution is -2.50. The minimum absolute atomic E-state index is 0.0205. The van der Waals surface area contributed by atoms with Gasteiger partial charge in [0, 0.05) is 30.9 Å². The number of hydrogen-bond donors (Lipinski definition) is 3. The largest absolute Gasteiger partial charge is 0.491 e. The Balaban J connectivity index is 1.27. The molecule has 3 N–H and O–H groups in total. The highest BCUT2D eigenvalue weighted by Gasteiger charge is 2.42. The molecular formula is C26H31N5O4. The monoisotopic (exact) mass is 477 g/mol. The van der Waals surface area contributed by atoms with Gasteiger partial charge in [0.15, 0.2) is 5.69 Å². The van der Waals surface area contributed by atoms with E-state index in [4.69, 9.17) is 4.74 Å². The summed E-state index contributed by atoms with van der Waals surface area (Å²) in [6.07, 6.45) is 8.41. The van der Waals surface area contributed by atoms with Crippen molar-refractivity contribution in [1.29, 1.82) is 0 Å². The fourth-order valence-electron chi connectivity index (χ4n) is 5.24. The van der Waals surface area contributed by atoms with Crippen LogP contribution in [0.3, 0.4) is 0 Å². The van der Waals surface area contributed by atoms with Crippen molar-refractivity contribution in [2.75, 3.05) is 32.8 Å². The number of likely N-dealkylation sites (tertiary alicyclic amines) is 1. The zero-order valence-electron chi connectivity index (χ0n) is 19.8. The fraction of sp³-hybridized carbons (Fsp3) is 0.462. The quantitative estimate of drug-likeness (QED) is 0.544. The number of rotatable bonds is 1. The van der Waals surface area contributed by atoms with Crippen LogP contribution in [0.15, 0.2) is 36.4 Å². The summed E-state index contributed by atoms with van der Waals surface area (Å²) in [6, 6.07) is 7.08. The smallest absolute Gasteiger partial charge is 0.274 e. The number of carbonyl (C=O) groups is 3. The number of ether oxygens (including phenoxy) is 1. The molecule has 0 saturated carbocycles. The summed E-state index contributed by atoms with van der Waals surface area (Å²) < 4.78 is 5.80. The molecule has 1 saturated heterocycles. The van der Waals surface area contributed by atoms with Crippen molar-refractivity contribution < 1.29 is 19.1 Å². The van der Waals surface area contributed by atoms with E-state index in [1.54, 1.807) is 18.2 Å². The van der Waals surface area contributed by atoms with Crippen LogP contribution in [-0.2, 0) is 17.6 Å². The maximum absolute atomic E-state index is 13.3. The van der Waals surface area contributed by atoms with E-state index < -0.39 is 5.41 Å². The zero-order chi connectivity index (χ0) is 24.3. The standard InChI is InChI=1S/C26H31N5O4/c32-23-19-6-1-2-9-21(19)35-17-14-28-25(34)26(10-3-4-13-27-23)11-15-31(16-12-26)24(33)22-18-7-5-8-20(18)29-30-22/h1-4,6,9H,5,7-8,10-17H2,(H,27,32)(H,28,34)(H,29,30)/b4-3+. The van der Waals surface area contributed by atoms with E-state index in [1.165, 1.54) is 0 Å². The third-order valence-corrected chi connectivity index (χ3v) is 7.33. The number of fused-ring (bicyclic) bond motifs is 2. The van der Waals surface area contributed by atoms with Gasteiger partial charge in [-0.25, -0.2) is 0 Å². The van der Waals surface area contributed by atoms with Crippen LogP contribution in [0.25, 0.3) is 0 Å². The first-order valence-electron chi connectivity index (χ1n) is 12.4. The second-order valence-corrected chi connectivity index (χ2v) is 9.44. The van der Waals surface area contributed by atoms with E-state index in [2.05, 4.69) is 20.8 Å². The third kappa shape index (κ3) is 4.67. The summed E-state index contributed by atoms with van der Waals surface area (Å²) in [4.78, 5) is 40.9. The number of allylic oxidation sites excluding steroid dienone is 1. The normalized spacial score (nSPS) is 21.2. The van der Waals surface area contributed by atoms with E-state index in [0.717, 1.165) is 30.5 Å². The number of nitrogens with zero attached hydrogens (tertiary/aromatic N) is 2. The van der Waals surface area contributed by atoms with Crippen LogP contribution < -0.4 is 15.4 Å². The number of nitrogens with one attached hydrogen (secondary N) is 3. The number of amides is 3. The van der Waals surface area contributed by atoms with Crippen molar-refractivity contribution in [3.8, 4) is 5.75 Å². The first kappa shape index (κ1) is 23.1. The van der Waals surface area contributed by atoms with Gasteiger partial charge in [-0.05, 0) is 50.7 Å². The zero-order valence-corrected chi connectivity index (χ0v) is 19.8. The molecule has 9 nitrogen and oxygen atoms in total. The van der Waals surface area contributed by atoms with Crippen LogP contribution in [-0.4, -0.2) is 65.6 Å². The molecule has 2 aliphatic heterocycles. The van der Waals surface area contributed by atoms with E-state index >= 15 is 0 Å². The highest BCUT2D eigenvalue weighted by atomic mass is 16.5. The minimum Gasteiger partial charge on any atom is -0.491 e. The predicted molar refractivity (Wildman–Crippen MR) is 129 cm³/mol. The van der Waals surface area contributed by atoms with E-state index in [-0.39, 0.29) is 24.3 Å². The first-order valence-corrected chi connectivity index (χ1v) is 12.4. The van der Waals surface area contributed by atoms with Crippen LogP contribution in [0.2, 0.25) is 0 Å². The maximum Gasteiger partial charge on any atom is 0.274 e. The summed E-state index contributed by atoms with van der Waals surface area (Å²) in [5, 5.41) is 13.2. The number of H-pyrrole nitrogens is 1. The first-order chi connectivity index (χ1) is 17.1. The summed E-state index contributed by atoms with van der Waals surface area (Å²) in [6.45, 7) is 1.96. The third-order valence-electron chi connectivity index (χ3n) is 7.33. The highest BCUT2D eigenvalue weighted by molar-refractivity contribution is 5.97. The Hall–Kier alpha value is -3.62. The van der Waals surface area contributed by atoms with Crippen molar-refractivity contribution in [2.24, 2.45) is 5.41 Å². The van der Waals surface area contributed by atoms with Crippen LogP contribution >= 0.6 is 0 Å². The number of para-hydroxylation sites is 1. The molecular weight excluding hydrogens is 446 g/mol. The second-order valence-electron chi connectivity index (χ2n) is 9.44. The van der Waals surface area contributed by atoms with Crippen LogP contribution in [0.5, 0.6) is 5.75 Å². The van der Waals surface area contributed by atoms with Gasteiger partial charge in [-0.15, -0.1) is 0 Å². The Morgan fingerprint density at radius 3 is 2.74 bits per heavy atom. The molecule has 3 heterocycles. The number of carbonyl (C=O) groups excluding carboxylic acids is 3. The molecule has 2 aromatic rings. The lowest BCUT2D eigenvalue weighted by Gasteiger charge is -2.40. The number of aryl methyl sites for hydroxylation is 1. The molecule has 0 radical (unpaired) electrons. The van der Waals surface area contributed by atoms with E-state index in [9.17, 15) is 14.4 Å². The Morgan fingerprint density at radius 1 is 1.06 bits per heavy atom. The van der Waals surface area contributed by atoms with Gasteiger partial charge < -0.3 is 20.3 Å². The fourth-order valence-corrected chi connectivity index (χ4v) is 5.24. The van der Waals surface area contributed by atoms with Gasteiger partial charge in [-0.1, -0.05) is 24.3 Å². The molecule has 1 aliphatic carbocycles. The molecule has 1 fully saturated rings. The number of aromatic amines is 1. The van der Waals surface area contributed by atoms with Crippen molar-refractivity contribution in [1.82, 2.24) is 25.7 Å². The Morgan fingerprint density at radius 2 is 1.89 bits per heavy atom. The maximum atomic E-state index is 13.3.